The van der Waals surface area contributed by atoms with Gasteiger partial charge in [-0.1, -0.05) is 0 Å². The number of thiophene rings is 1. The van der Waals surface area contributed by atoms with Crippen LogP contribution < -0.4 is 11.1 Å². The van der Waals surface area contributed by atoms with Crippen LogP contribution in [0.4, 0.5) is 9.80 Å². The van der Waals surface area contributed by atoms with Gasteiger partial charge in [-0.05, 0) is 32.8 Å². The van der Waals surface area contributed by atoms with Crippen LogP contribution in [0.25, 0.3) is 0 Å². The lowest BCUT2D eigenvalue weighted by Crippen LogP contribution is -2.39. The van der Waals surface area contributed by atoms with Crippen molar-refractivity contribution in [2.24, 2.45) is 5.73 Å². The molecule has 2 heterocycles. The van der Waals surface area contributed by atoms with Gasteiger partial charge in [0.15, 0.2) is 0 Å². The maximum Gasteiger partial charge on any atom is 0.410 e. The molecule has 0 aromatic carbocycles. The summed E-state index contributed by atoms with van der Waals surface area (Å²) in [6, 6.07) is 0. The summed E-state index contributed by atoms with van der Waals surface area (Å²) < 4.78 is 5.39. The number of nitrogens with two attached hydrogens (primary N) is 1. The monoisotopic (exact) mass is 311 g/mol. The highest BCUT2D eigenvalue weighted by Gasteiger charge is 2.30. The minimum atomic E-state index is -0.513. The van der Waals surface area contributed by atoms with Crippen LogP contribution >= 0.6 is 11.3 Å². The second kappa shape index (κ2) is 5.55. The van der Waals surface area contributed by atoms with E-state index in [0.717, 1.165) is 15.4 Å². The van der Waals surface area contributed by atoms with Crippen molar-refractivity contribution in [3.63, 3.8) is 0 Å². The topological polar surface area (TPSA) is 84.7 Å². The second-order valence-corrected chi connectivity index (χ2v) is 7.08. The van der Waals surface area contributed by atoms with Gasteiger partial charge in [-0.3, -0.25) is 4.79 Å². The number of nitrogens with one attached hydrogen (secondary N) is 1. The van der Waals surface area contributed by atoms with Gasteiger partial charge in [-0.25, -0.2) is 4.79 Å². The molecule has 0 saturated heterocycles. The molecule has 0 radical (unpaired) electrons. The fourth-order valence-electron chi connectivity index (χ4n) is 2.32. The average Bonchev–Trinajstić information content (AvgIpc) is 2.73. The molecule has 3 N–H and O–H groups in total. The number of nitrogens with zero attached hydrogens (tertiary/aromatic N) is 1. The number of carbonyl (C=O) groups is 2. The van der Waals surface area contributed by atoms with E-state index in [1.165, 1.54) is 11.3 Å². The van der Waals surface area contributed by atoms with Gasteiger partial charge in [0.1, 0.15) is 10.6 Å². The highest BCUT2D eigenvalue weighted by atomic mass is 32.1. The first-order valence-electron chi connectivity index (χ1n) is 6.83. The molecule has 2 amide bonds. The summed E-state index contributed by atoms with van der Waals surface area (Å²) in [5.41, 5.74) is 6.46. The molecule has 0 atom stereocenters. The Morgan fingerprint density at radius 1 is 1.38 bits per heavy atom. The molecule has 21 heavy (non-hydrogen) atoms. The minimum Gasteiger partial charge on any atom is -0.444 e. The predicted octanol–water partition coefficient (Wildman–Crippen LogP) is 2.18. The standard InChI is InChI=1S/C14H21N3O3S/c1-14(2,3)20-13(19)17-6-5-8-9(7-17)21-12(16-4)10(8)11(15)18/h16H,5-7H2,1-4H3,(H2,15,18). The Kier molecular flexibility index (Phi) is 4.13. The Morgan fingerprint density at radius 2 is 2.05 bits per heavy atom. The van der Waals surface area contributed by atoms with E-state index in [4.69, 9.17) is 10.5 Å². The number of carbonyl (C=O) groups excluding carboxylic acids is 2. The molecule has 6 nitrogen and oxygen atoms in total. The van der Waals surface area contributed by atoms with Gasteiger partial charge in [0.2, 0.25) is 0 Å². The number of anilines is 1. The number of fused-ring (bicyclic) bond motifs is 1. The molecule has 116 valence electrons. The summed E-state index contributed by atoms with van der Waals surface area (Å²) in [7, 11) is 1.76. The van der Waals surface area contributed by atoms with E-state index >= 15 is 0 Å². The largest absolute Gasteiger partial charge is 0.444 e. The molecule has 0 spiro atoms. The van der Waals surface area contributed by atoms with E-state index in [9.17, 15) is 9.59 Å². The summed E-state index contributed by atoms with van der Waals surface area (Å²) >= 11 is 1.47. The van der Waals surface area contributed by atoms with E-state index < -0.39 is 11.5 Å². The van der Waals surface area contributed by atoms with Crippen LogP contribution in [0.2, 0.25) is 0 Å². The summed E-state index contributed by atoms with van der Waals surface area (Å²) in [4.78, 5) is 26.4. The molecule has 2 rings (SSSR count). The van der Waals surface area contributed by atoms with Crippen LogP contribution in [0, 0.1) is 0 Å². The second-order valence-electron chi connectivity index (χ2n) is 5.97. The smallest absolute Gasteiger partial charge is 0.410 e. The summed E-state index contributed by atoms with van der Waals surface area (Å²) in [6.07, 6.45) is 0.290. The fourth-order valence-corrected chi connectivity index (χ4v) is 3.54. The highest BCUT2D eigenvalue weighted by molar-refractivity contribution is 7.16. The zero-order chi connectivity index (χ0) is 15.8. The van der Waals surface area contributed by atoms with Gasteiger partial charge in [-0.2, -0.15) is 0 Å². The molecule has 0 fully saturated rings. The van der Waals surface area contributed by atoms with Crippen LogP contribution in [0.1, 0.15) is 41.6 Å². The van der Waals surface area contributed by atoms with Gasteiger partial charge in [0, 0.05) is 18.5 Å². The van der Waals surface area contributed by atoms with Crippen LogP contribution in [0.3, 0.4) is 0 Å². The van der Waals surface area contributed by atoms with Gasteiger partial charge < -0.3 is 20.7 Å². The summed E-state index contributed by atoms with van der Waals surface area (Å²) in [5.74, 6) is -0.428. The average molecular weight is 311 g/mol. The predicted molar refractivity (Wildman–Crippen MR) is 82.7 cm³/mol. The number of primary amides is 1. The first-order valence-corrected chi connectivity index (χ1v) is 7.64. The van der Waals surface area contributed by atoms with Crippen molar-refractivity contribution in [2.45, 2.75) is 39.3 Å². The van der Waals surface area contributed by atoms with Crippen molar-refractivity contribution in [3.8, 4) is 0 Å². The van der Waals surface area contributed by atoms with Crippen molar-refractivity contribution < 1.29 is 14.3 Å². The molecular weight excluding hydrogens is 290 g/mol. The Bertz CT molecular complexity index is 575. The lowest BCUT2D eigenvalue weighted by molar-refractivity contribution is 0.0226. The van der Waals surface area contributed by atoms with Crippen molar-refractivity contribution in [2.75, 3.05) is 18.9 Å². The zero-order valence-corrected chi connectivity index (χ0v) is 13.6. The van der Waals surface area contributed by atoms with E-state index in [0.29, 0.717) is 25.1 Å². The summed E-state index contributed by atoms with van der Waals surface area (Å²) in [6.45, 7) is 6.51. The number of hydrogen-bond acceptors (Lipinski definition) is 5. The van der Waals surface area contributed by atoms with Gasteiger partial charge in [0.25, 0.3) is 5.91 Å². The molecule has 0 aliphatic carbocycles. The van der Waals surface area contributed by atoms with Gasteiger partial charge >= 0.3 is 6.09 Å². The van der Waals surface area contributed by atoms with Crippen LogP contribution in [0.5, 0.6) is 0 Å². The number of amides is 2. The van der Waals surface area contributed by atoms with Crippen molar-refractivity contribution in [1.29, 1.82) is 0 Å². The Hall–Kier alpha value is -1.76. The minimum absolute atomic E-state index is 0.326. The lowest BCUT2D eigenvalue weighted by atomic mass is 10.0. The first kappa shape index (κ1) is 15.6. The third kappa shape index (κ3) is 3.29. The van der Waals surface area contributed by atoms with Gasteiger partial charge in [0.05, 0.1) is 12.1 Å². The summed E-state index contributed by atoms with van der Waals surface area (Å²) in [5, 5.41) is 3.76. The quantitative estimate of drug-likeness (QED) is 0.876. The Morgan fingerprint density at radius 3 is 2.57 bits per heavy atom. The molecule has 0 saturated carbocycles. The third-order valence-electron chi connectivity index (χ3n) is 3.18. The maximum absolute atomic E-state index is 12.1. The zero-order valence-electron chi connectivity index (χ0n) is 12.8. The SMILES string of the molecule is CNc1sc2c(c1C(N)=O)CCN(C(=O)OC(C)(C)C)C2. The fraction of sp³-hybridized carbons (Fsp3) is 0.571. The molecule has 1 aliphatic heterocycles. The number of rotatable bonds is 2. The van der Waals surface area contributed by atoms with Crippen molar-refractivity contribution in [1.82, 2.24) is 4.90 Å². The van der Waals surface area contributed by atoms with Crippen molar-refractivity contribution >= 4 is 28.3 Å². The molecule has 7 heteroatoms. The number of hydrogen-bond donors (Lipinski definition) is 2. The lowest BCUT2D eigenvalue weighted by Gasteiger charge is -2.30. The molecular formula is C14H21N3O3S. The van der Waals surface area contributed by atoms with Crippen LogP contribution in [-0.2, 0) is 17.7 Å². The van der Waals surface area contributed by atoms with E-state index in [2.05, 4.69) is 5.32 Å². The third-order valence-corrected chi connectivity index (χ3v) is 4.42. The van der Waals surface area contributed by atoms with E-state index in [1.54, 1.807) is 11.9 Å². The molecule has 1 aromatic heterocycles. The van der Waals surface area contributed by atoms with E-state index in [-0.39, 0.29) is 6.09 Å². The van der Waals surface area contributed by atoms with Gasteiger partial charge in [-0.15, -0.1) is 11.3 Å². The Labute approximate surface area is 128 Å². The number of ether oxygens (including phenoxy) is 1. The maximum atomic E-state index is 12.1. The molecule has 0 bridgehead atoms. The normalized spacial score (nSPS) is 14.6. The highest BCUT2D eigenvalue weighted by Crippen LogP contribution is 2.36. The molecule has 1 aromatic rings. The molecule has 1 aliphatic rings. The Balaban J connectivity index is 2.22. The van der Waals surface area contributed by atoms with E-state index in [1.807, 2.05) is 20.8 Å². The molecule has 0 unspecified atom stereocenters. The first-order chi connectivity index (χ1) is 9.73. The van der Waals surface area contributed by atoms with Crippen molar-refractivity contribution in [3.05, 3.63) is 16.0 Å². The van der Waals surface area contributed by atoms with Crippen LogP contribution in [0.15, 0.2) is 0 Å². The van der Waals surface area contributed by atoms with Crippen LogP contribution in [-0.4, -0.2) is 36.1 Å².